The third-order valence-corrected chi connectivity index (χ3v) is 5.33. The molecule has 0 heterocycles. The number of nitrogens with one attached hydrogen (secondary N) is 2. The number of esters is 1. The summed E-state index contributed by atoms with van der Waals surface area (Å²) in [6.07, 6.45) is 0. The lowest BCUT2D eigenvalue weighted by atomic mass is 10.1. The molecule has 0 fully saturated rings. The fourth-order valence-corrected chi connectivity index (χ4v) is 3.87. The maximum Gasteiger partial charge on any atom is 0.326 e. The van der Waals surface area contributed by atoms with E-state index in [2.05, 4.69) is 10.0 Å². The van der Waals surface area contributed by atoms with Crippen LogP contribution < -0.4 is 15.8 Å². The van der Waals surface area contributed by atoms with Crippen LogP contribution in [0, 0.1) is 0 Å². The molecule has 0 aliphatic rings. The van der Waals surface area contributed by atoms with Gasteiger partial charge >= 0.3 is 5.97 Å². The second-order valence-corrected chi connectivity index (χ2v) is 7.62. The number of rotatable bonds is 8. The Bertz CT molecular complexity index is 922. The van der Waals surface area contributed by atoms with Gasteiger partial charge in [-0.15, -0.1) is 0 Å². The minimum absolute atomic E-state index is 0.0356. The van der Waals surface area contributed by atoms with Crippen molar-refractivity contribution in [3.63, 3.8) is 0 Å². The Morgan fingerprint density at radius 3 is 2.48 bits per heavy atom. The van der Waals surface area contributed by atoms with Gasteiger partial charge in [-0.3, -0.25) is 9.59 Å². The van der Waals surface area contributed by atoms with Crippen LogP contribution in [0.1, 0.15) is 13.8 Å². The van der Waals surface area contributed by atoms with E-state index in [4.69, 9.17) is 10.5 Å². The quantitative estimate of drug-likeness (QED) is 0.561. The van der Waals surface area contributed by atoms with E-state index in [9.17, 15) is 18.0 Å². The van der Waals surface area contributed by atoms with Crippen LogP contribution in [-0.4, -0.2) is 45.5 Å². The molecule has 1 amide bonds. The summed E-state index contributed by atoms with van der Waals surface area (Å²) in [6.45, 7) is 2.89. The topological polar surface area (TPSA) is 128 Å². The number of nitrogens with two attached hydrogens (primary N) is 1. The molecule has 0 bridgehead atoms. The van der Waals surface area contributed by atoms with Crippen molar-refractivity contribution in [1.29, 1.82) is 0 Å². The summed E-state index contributed by atoms with van der Waals surface area (Å²) in [4.78, 5) is 23.9. The van der Waals surface area contributed by atoms with Crippen LogP contribution in [0.5, 0.6) is 0 Å². The molecule has 0 aliphatic carbocycles. The van der Waals surface area contributed by atoms with Crippen molar-refractivity contribution in [2.45, 2.75) is 30.8 Å². The Morgan fingerprint density at radius 2 is 1.81 bits per heavy atom. The van der Waals surface area contributed by atoms with Crippen molar-refractivity contribution in [2.24, 2.45) is 5.73 Å². The average molecular weight is 393 g/mol. The van der Waals surface area contributed by atoms with E-state index >= 15 is 0 Å². The summed E-state index contributed by atoms with van der Waals surface area (Å²) >= 11 is 0. The molecule has 2 aromatic rings. The summed E-state index contributed by atoms with van der Waals surface area (Å²) in [6, 6.07) is 9.80. The molecule has 0 saturated carbocycles. The zero-order valence-corrected chi connectivity index (χ0v) is 16.0. The Kier molecular flexibility index (Phi) is 6.89. The van der Waals surface area contributed by atoms with Crippen LogP contribution in [0.15, 0.2) is 47.4 Å². The third kappa shape index (κ3) is 5.25. The molecule has 27 heavy (non-hydrogen) atoms. The predicted molar refractivity (Wildman–Crippen MR) is 101 cm³/mol. The number of sulfonamides is 1. The van der Waals surface area contributed by atoms with Crippen molar-refractivity contribution in [1.82, 2.24) is 10.0 Å². The van der Waals surface area contributed by atoms with Gasteiger partial charge in [-0.25, -0.2) is 8.42 Å². The summed E-state index contributed by atoms with van der Waals surface area (Å²) in [5.74, 6) is -1.29. The zero-order chi connectivity index (χ0) is 20.0. The maximum atomic E-state index is 12.9. The van der Waals surface area contributed by atoms with Gasteiger partial charge < -0.3 is 15.8 Å². The van der Waals surface area contributed by atoms with E-state index in [1.807, 2.05) is 0 Å². The molecular formula is C18H23N3O5S. The second kappa shape index (κ2) is 8.94. The van der Waals surface area contributed by atoms with E-state index < -0.39 is 34.0 Å². The minimum atomic E-state index is -4.05. The van der Waals surface area contributed by atoms with Crippen molar-refractivity contribution < 1.29 is 22.7 Å². The van der Waals surface area contributed by atoms with Gasteiger partial charge in [0, 0.05) is 11.9 Å². The van der Waals surface area contributed by atoms with Gasteiger partial charge in [0.25, 0.3) is 0 Å². The highest BCUT2D eigenvalue weighted by Gasteiger charge is 2.28. The van der Waals surface area contributed by atoms with Crippen LogP contribution in [0.3, 0.4) is 0 Å². The largest absolute Gasteiger partial charge is 0.465 e. The van der Waals surface area contributed by atoms with E-state index in [0.29, 0.717) is 5.39 Å². The first-order valence-electron chi connectivity index (χ1n) is 8.46. The molecule has 146 valence electrons. The molecular weight excluding hydrogens is 370 g/mol. The highest BCUT2D eigenvalue weighted by Crippen LogP contribution is 2.22. The lowest BCUT2D eigenvalue weighted by molar-refractivity contribution is -0.145. The molecule has 2 atom stereocenters. The Morgan fingerprint density at radius 1 is 1.15 bits per heavy atom. The van der Waals surface area contributed by atoms with E-state index in [1.54, 1.807) is 43.3 Å². The molecule has 4 N–H and O–H groups in total. The Hall–Kier alpha value is -2.49. The van der Waals surface area contributed by atoms with Crippen LogP contribution in [-0.2, 0) is 24.3 Å². The number of amides is 1. The average Bonchev–Trinajstić information content (AvgIpc) is 2.64. The molecule has 9 heteroatoms. The van der Waals surface area contributed by atoms with Crippen LogP contribution in [0.2, 0.25) is 0 Å². The molecule has 2 aromatic carbocycles. The molecule has 2 unspecified atom stereocenters. The molecule has 8 nitrogen and oxygen atoms in total. The zero-order valence-electron chi connectivity index (χ0n) is 15.1. The Balaban J connectivity index is 2.31. The number of fused-ring (bicyclic) bond motifs is 1. The van der Waals surface area contributed by atoms with Crippen molar-refractivity contribution in [3.05, 3.63) is 42.5 Å². The second-order valence-electron chi connectivity index (χ2n) is 5.94. The Labute approximate surface area is 158 Å². The van der Waals surface area contributed by atoms with Gasteiger partial charge in [-0.05, 0) is 25.3 Å². The minimum Gasteiger partial charge on any atom is -0.465 e. The number of carbonyl (C=O) groups excluding carboxylic acids is 2. The summed E-state index contributed by atoms with van der Waals surface area (Å²) in [7, 11) is -4.05. The van der Waals surface area contributed by atoms with Gasteiger partial charge in [-0.2, -0.15) is 4.72 Å². The van der Waals surface area contributed by atoms with Crippen molar-refractivity contribution >= 4 is 32.7 Å². The first-order chi connectivity index (χ1) is 12.8. The maximum absolute atomic E-state index is 12.9. The SMILES string of the molecule is CCOC(=O)C(CNC(=O)C(C)N)NS(=O)(=O)c1cccc2ccccc12. The van der Waals surface area contributed by atoms with Gasteiger partial charge in [0.1, 0.15) is 6.04 Å². The number of benzene rings is 2. The molecule has 0 spiro atoms. The fraction of sp³-hybridized carbons (Fsp3) is 0.333. The number of ether oxygens (including phenoxy) is 1. The van der Waals surface area contributed by atoms with Crippen molar-refractivity contribution in [3.8, 4) is 0 Å². The van der Waals surface area contributed by atoms with Crippen LogP contribution >= 0.6 is 0 Å². The predicted octanol–water partition coefficient (Wildman–Crippen LogP) is 0.513. The van der Waals surface area contributed by atoms with Gasteiger partial charge in [-0.1, -0.05) is 36.4 Å². The summed E-state index contributed by atoms with van der Waals surface area (Å²) in [5, 5.41) is 3.71. The summed E-state index contributed by atoms with van der Waals surface area (Å²) < 4.78 is 33.0. The first-order valence-corrected chi connectivity index (χ1v) is 9.94. The number of hydrogen-bond donors (Lipinski definition) is 3. The smallest absolute Gasteiger partial charge is 0.326 e. The van der Waals surface area contributed by atoms with Gasteiger partial charge in [0.05, 0.1) is 17.5 Å². The molecule has 0 radical (unpaired) electrons. The third-order valence-electron chi connectivity index (χ3n) is 3.80. The monoisotopic (exact) mass is 393 g/mol. The number of hydrogen-bond acceptors (Lipinski definition) is 6. The fourth-order valence-electron chi connectivity index (χ4n) is 2.46. The van der Waals surface area contributed by atoms with Crippen LogP contribution in [0.25, 0.3) is 10.8 Å². The van der Waals surface area contributed by atoms with Gasteiger partial charge in [0.15, 0.2) is 0 Å². The summed E-state index contributed by atoms with van der Waals surface area (Å²) in [5.41, 5.74) is 5.47. The molecule has 2 rings (SSSR count). The lowest BCUT2D eigenvalue weighted by Crippen LogP contribution is -2.51. The van der Waals surface area contributed by atoms with Crippen LogP contribution in [0.4, 0.5) is 0 Å². The van der Waals surface area contributed by atoms with E-state index in [0.717, 1.165) is 5.39 Å². The lowest BCUT2D eigenvalue weighted by Gasteiger charge is -2.19. The molecule has 0 saturated heterocycles. The standard InChI is InChI=1S/C18H23N3O5S/c1-3-26-18(23)15(11-20-17(22)12(2)19)21-27(24,25)16-10-6-8-13-7-4-5-9-14(13)16/h4-10,12,15,21H,3,11,19H2,1-2H3,(H,20,22). The molecule has 0 aliphatic heterocycles. The van der Waals surface area contributed by atoms with E-state index in [-0.39, 0.29) is 18.0 Å². The molecule has 0 aromatic heterocycles. The highest BCUT2D eigenvalue weighted by atomic mass is 32.2. The highest BCUT2D eigenvalue weighted by molar-refractivity contribution is 7.89. The van der Waals surface area contributed by atoms with Crippen molar-refractivity contribution in [2.75, 3.05) is 13.2 Å². The van der Waals surface area contributed by atoms with Gasteiger partial charge in [0.2, 0.25) is 15.9 Å². The van der Waals surface area contributed by atoms with E-state index in [1.165, 1.54) is 13.0 Å². The number of carbonyl (C=O) groups is 2. The first kappa shape index (κ1) is 20.8. The normalized spacial score (nSPS) is 13.7.